The summed E-state index contributed by atoms with van der Waals surface area (Å²) in [4.78, 5) is 25.1. The normalized spacial score (nSPS) is 14.4. The van der Waals surface area contributed by atoms with Gasteiger partial charge in [0.25, 0.3) is 0 Å². The van der Waals surface area contributed by atoms with E-state index in [9.17, 15) is 14.7 Å². The Hall–Kier alpha value is -2.54. The second-order valence-electron chi connectivity index (χ2n) is 4.43. The molecule has 0 aliphatic rings. The molecule has 0 bridgehead atoms. The first kappa shape index (κ1) is 16.5. The summed E-state index contributed by atoms with van der Waals surface area (Å²) in [6.07, 6.45) is 0. The number of carboxylic acids is 1. The Labute approximate surface area is 120 Å². The average molecular weight is 293 g/mol. The van der Waals surface area contributed by atoms with Crippen LogP contribution in [0.25, 0.3) is 5.53 Å². The number of nitrogens with two attached hydrogens (primary N) is 1. The first-order valence-corrected chi connectivity index (χ1v) is 5.96. The molecule has 1 aromatic rings. The number of carbonyl (C=O) groups excluding carboxylic acids is 1. The van der Waals surface area contributed by atoms with E-state index in [4.69, 9.17) is 16.4 Å². The zero-order valence-corrected chi connectivity index (χ0v) is 11.3. The maximum atomic E-state index is 11.8. The van der Waals surface area contributed by atoms with Crippen LogP contribution in [0.3, 0.4) is 0 Å². The number of rotatable bonds is 6. The highest BCUT2D eigenvalue weighted by Crippen LogP contribution is 2.21. The number of aliphatic carboxylic acids is 1. The predicted molar refractivity (Wildman–Crippen MR) is 71.2 cm³/mol. The number of carboxylic acid groups (broad SMARTS) is 1. The summed E-state index contributed by atoms with van der Waals surface area (Å²) in [6.45, 7) is 0.633. The van der Waals surface area contributed by atoms with Crippen molar-refractivity contribution in [2.24, 2.45) is 5.73 Å². The van der Waals surface area contributed by atoms with Gasteiger partial charge >= 0.3 is 17.7 Å². The topological polar surface area (TPSA) is 146 Å². The zero-order valence-electron chi connectivity index (χ0n) is 11.3. The first-order valence-electron chi connectivity index (χ1n) is 5.96. The molecule has 1 aromatic carbocycles. The van der Waals surface area contributed by atoms with Crippen LogP contribution in [0.2, 0.25) is 0 Å². The van der Waals surface area contributed by atoms with Crippen LogP contribution in [-0.4, -0.2) is 45.3 Å². The number of hydrogen-bond acceptors (Lipinski definition) is 5. The minimum Gasteiger partial charge on any atom is -0.480 e. The Morgan fingerprint density at radius 3 is 2.48 bits per heavy atom. The maximum absolute atomic E-state index is 11.8. The van der Waals surface area contributed by atoms with E-state index in [1.165, 1.54) is 19.1 Å². The van der Waals surface area contributed by atoms with Crippen molar-refractivity contribution < 1.29 is 29.3 Å². The van der Waals surface area contributed by atoms with Gasteiger partial charge in [-0.05, 0) is 12.5 Å². The van der Waals surface area contributed by atoms with Gasteiger partial charge in [-0.2, -0.15) is 4.79 Å². The number of hydrogen-bond donors (Lipinski definition) is 3. The Morgan fingerprint density at radius 1 is 1.43 bits per heavy atom. The Kier molecular flexibility index (Phi) is 5.31. The van der Waals surface area contributed by atoms with E-state index in [1.807, 2.05) is 0 Å². The highest BCUT2D eigenvalue weighted by molar-refractivity contribution is 6.37. The van der Waals surface area contributed by atoms with Gasteiger partial charge in [0.1, 0.15) is 12.6 Å². The summed E-state index contributed by atoms with van der Waals surface area (Å²) < 4.78 is 4.63. The molecule has 0 aliphatic heterocycles. The van der Waals surface area contributed by atoms with E-state index >= 15 is 0 Å². The van der Waals surface area contributed by atoms with Crippen LogP contribution in [0.1, 0.15) is 12.5 Å². The van der Waals surface area contributed by atoms with Crippen LogP contribution in [0.5, 0.6) is 0 Å². The number of esters is 1. The number of carbonyl (C=O) groups is 2. The summed E-state index contributed by atoms with van der Waals surface area (Å²) in [7, 11) is 0. The molecule has 0 aromatic heterocycles. The third-order valence-electron chi connectivity index (χ3n) is 2.80. The molecule has 0 heterocycles. The van der Waals surface area contributed by atoms with Gasteiger partial charge in [0.2, 0.25) is 0 Å². The molecule has 0 amide bonds. The molecular formula is C13H15N3O5. The van der Waals surface area contributed by atoms with Crippen molar-refractivity contribution >= 4 is 17.7 Å². The van der Waals surface area contributed by atoms with Crippen LogP contribution in [0.15, 0.2) is 30.3 Å². The molecule has 0 spiro atoms. The molecule has 0 fully saturated rings. The number of benzene rings is 1. The monoisotopic (exact) mass is 293 g/mol. The predicted octanol–water partition coefficient (Wildman–Crippen LogP) is -0.480. The van der Waals surface area contributed by atoms with Gasteiger partial charge in [-0.25, -0.2) is 4.79 Å². The van der Waals surface area contributed by atoms with Crippen LogP contribution < -0.4 is 5.73 Å². The fraction of sp³-hybridized carbons (Fsp3) is 0.308. The van der Waals surface area contributed by atoms with Gasteiger partial charge in [0.05, 0.1) is 0 Å². The molecule has 4 N–H and O–H groups in total. The minimum absolute atomic E-state index is 0.303. The van der Waals surface area contributed by atoms with Crippen molar-refractivity contribution in [1.82, 2.24) is 0 Å². The van der Waals surface area contributed by atoms with Gasteiger partial charge < -0.3 is 26.2 Å². The fourth-order valence-corrected chi connectivity index (χ4v) is 1.54. The molecular weight excluding hydrogens is 278 g/mol. The van der Waals surface area contributed by atoms with Crippen molar-refractivity contribution in [3.05, 3.63) is 41.4 Å². The van der Waals surface area contributed by atoms with Crippen molar-refractivity contribution in [3.63, 3.8) is 0 Å². The lowest BCUT2D eigenvalue weighted by molar-refractivity contribution is -0.147. The number of ether oxygens (including phenoxy) is 1. The van der Waals surface area contributed by atoms with Crippen LogP contribution in [0.4, 0.5) is 0 Å². The van der Waals surface area contributed by atoms with Gasteiger partial charge in [-0.3, -0.25) is 4.79 Å². The molecule has 8 heteroatoms. The highest BCUT2D eigenvalue weighted by Gasteiger charge is 2.44. The average Bonchev–Trinajstić information content (AvgIpc) is 2.46. The summed E-state index contributed by atoms with van der Waals surface area (Å²) >= 11 is 0. The third kappa shape index (κ3) is 3.96. The standard InChI is InChI=1S/C13H15N3O5/c1-13(20,8-5-3-2-4-6-8)10(16-15)12(19)21-7-9(14)11(17)18/h2-6,9,20H,7,14H2,1H3,(H,17,18)/t9-,13?/m0/s1. The summed E-state index contributed by atoms with van der Waals surface area (Å²) in [6, 6.07) is 6.62. The second-order valence-corrected chi connectivity index (χ2v) is 4.43. The summed E-state index contributed by atoms with van der Waals surface area (Å²) in [5.41, 5.74) is 11.9. The van der Waals surface area contributed by atoms with E-state index in [2.05, 4.69) is 9.53 Å². The quantitative estimate of drug-likeness (QED) is 0.279. The molecule has 0 saturated heterocycles. The molecule has 2 atom stereocenters. The number of aliphatic hydroxyl groups is 1. The summed E-state index contributed by atoms with van der Waals surface area (Å²) in [5.74, 6) is -2.51. The first-order chi connectivity index (χ1) is 9.80. The lowest BCUT2D eigenvalue weighted by Crippen LogP contribution is -2.42. The molecule has 8 nitrogen and oxygen atoms in total. The highest BCUT2D eigenvalue weighted by atomic mass is 16.5. The van der Waals surface area contributed by atoms with E-state index < -0.39 is 35.9 Å². The Morgan fingerprint density at radius 2 is 2.00 bits per heavy atom. The third-order valence-corrected chi connectivity index (χ3v) is 2.80. The van der Waals surface area contributed by atoms with Crippen molar-refractivity contribution in [2.75, 3.05) is 6.61 Å². The van der Waals surface area contributed by atoms with E-state index in [0.29, 0.717) is 5.56 Å². The van der Waals surface area contributed by atoms with Gasteiger partial charge in [-0.15, -0.1) is 0 Å². The molecule has 1 unspecified atom stereocenters. The SMILES string of the molecule is CC(O)(C(=[N+]=[N-])C(=O)OC[C@H](N)C(=O)O)c1ccccc1. The van der Waals surface area contributed by atoms with Crippen LogP contribution >= 0.6 is 0 Å². The van der Waals surface area contributed by atoms with Crippen LogP contribution in [0, 0.1) is 0 Å². The molecule has 0 saturated carbocycles. The van der Waals surface area contributed by atoms with E-state index in [0.717, 1.165) is 0 Å². The molecule has 0 radical (unpaired) electrons. The summed E-state index contributed by atoms with van der Waals surface area (Å²) in [5, 5.41) is 18.9. The molecule has 1 rings (SSSR count). The lowest BCUT2D eigenvalue weighted by atomic mass is 9.91. The Balaban J connectivity index is 2.91. The molecule has 112 valence electrons. The van der Waals surface area contributed by atoms with Crippen LogP contribution in [-0.2, 0) is 19.9 Å². The van der Waals surface area contributed by atoms with E-state index in [1.54, 1.807) is 18.2 Å². The Bertz CT molecular complexity index is 579. The van der Waals surface area contributed by atoms with E-state index in [-0.39, 0.29) is 0 Å². The van der Waals surface area contributed by atoms with Gasteiger partial charge in [0.15, 0.2) is 5.60 Å². The minimum atomic E-state index is -1.90. The van der Waals surface area contributed by atoms with Crippen molar-refractivity contribution in [1.29, 1.82) is 0 Å². The zero-order chi connectivity index (χ0) is 16.0. The van der Waals surface area contributed by atoms with Gasteiger partial charge in [0, 0.05) is 0 Å². The fourth-order valence-electron chi connectivity index (χ4n) is 1.54. The van der Waals surface area contributed by atoms with Gasteiger partial charge in [-0.1, -0.05) is 30.3 Å². The largest absolute Gasteiger partial charge is 0.480 e. The van der Waals surface area contributed by atoms with Crippen molar-refractivity contribution in [2.45, 2.75) is 18.6 Å². The maximum Gasteiger partial charge on any atom is 0.420 e. The molecule has 0 aliphatic carbocycles. The molecule has 21 heavy (non-hydrogen) atoms. The second kappa shape index (κ2) is 6.76. The lowest BCUT2D eigenvalue weighted by Gasteiger charge is -2.18. The number of nitrogens with zero attached hydrogens (tertiary/aromatic N) is 2. The smallest absolute Gasteiger partial charge is 0.420 e. The van der Waals surface area contributed by atoms with Crippen molar-refractivity contribution in [3.8, 4) is 0 Å².